The molecule has 0 amide bonds. The second-order valence-corrected chi connectivity index (χ2v) is 13.4. The van der Waals surface area contributed by atoms with E-state index in [1.54, 1.807) is 6.92 Å². The number of thiocarbonyl (C=S) groups is 1. The van der Waals surface area contributed by atoms with Gasteiger partial charge in [-0.05, 0) is 61.9 Å². The Bertz CT molecular complexity index is 769. The van der Waals surface area contributed by atoms with Crippen LogP contribution in [0.2, 0.25) is 18.1 Å². The highest BCUT2D eigenvalue weighted by atomic mass is 32.1. The molecule has 0 aliphatic carbocycles. The molecule has 2 N–H and O–H groups in total. The number of ether oxygens (including phenoxy) is 1. The van der Waals surface area contributed by atoms with E-state index in [1.165, 1.54) is 0 Å². The molecule has 1 aromatic rings. The predicted molar refractivity (Wildman–Crippen MR) is 115 cm³/mol. The normalized spacial score (nSPS) is 17.9. The molecule has 2 rings (SSSR count). The van der Waals surface area contributed by atoms with E-state index in [2.05, 4.69) is 44.5 Å². The second kappa shape index (κ2) is 8.02. The lowest BCUT2D eigenvalue weighted by atomic mass is 9.95. The number of nitrogens with one attached hydrogen (secondary N) is 2. The third kappa shape index (κ3) is 4.90. The Labute approximate surface area is 168 Å². The maximum atomic E-state index is 12.5. The summed E-state index contributed by atoms with van der Waals surface area (Å²) in [5.41, 5.74) is 2.16. The zero-order chi connectivity index (χ0) is 20.4. The van der Waals surface area contributed by atoms with Crippen LogP contribution >= 0.6 is 12.2 Å². The van der Waals surface area contributed by atoms with Crippen molar-refractivity contribution in [3.63, 3.8) is 0 Å². The van der Waals surface area contributed by atoms with E-state index in [-0.39, 0.29) is 17.0 Å². The maximum Gasteiger partial charge on any atom is 0.338 e. The van der Waals surface area contributed by atoms with E-state index in [0.29, 0.717) is 23.0 Å². The Morgan fingerprint density at radius 3 is 2.56 bits per heavy atom. The molecule has 148 valence electrons. The first-order valence-electron chi connectivity index (χ1n) is 9.20. The Morgan fingerprint density at radius 1 is 1.30 bits per heavy atom. The van der Waals surface area contributed by atoms with Crippen molar-refractivity contribution in [2.24, 2.45) is 0 Å². The molecule has 0 saturated heterocycles. The van der Waals surface area contributed by atoms with E-state index in [1.807, 2.05) is 31.2 Å². The minimum atomic E-state index is -1.96. The average molecular weight is 407 g/mol. The molecule has 7 heteroatoms. The predicted octanol–water partition coefficient (Wildman–Crippen LogP) is 4.43. The number of rotatable bonds is 5. The number of hydrogen-bond acceptors (Lipinski definition) is 4. The fraction of sp³-hybridized carbons (Fsp3) is 0.500. The van der Waals surface area contributed by atoms with Gasteiger partial charge in [0, 0.05) is 5.70 Å². The molecule has 0 saturated carbocycles. The van der Waals surface area contributed by atoms with Gasteiger partial charge in [0.25, 0.3) is 0 Å². The first-order chi connectivity index (χ1) is 12.5. The highest BCUT2D eigenvalue weighted by Gasteiger charge is 2.39. The van der Waals surface area contributed by atoms with Crippen LogP contribution in [0.5, 0.6) is 5.75 Å². The zero-order valence-electron chi connectivity index (χ0n) is 17.2. The van der Waals surface area contributed by atoms with Crippen molar-refractivity contribution in [2.45, 2.75) is 58.8 Å². The van der Waals surface area contributed by atoms with Gasteiger partial charge in [-0.15, -0.1) is 0 Å². The highest BCUT2D eigenvalue weighted by Crippen LogP contribution is 2.38. The molecule has 1 atom stereocenters. The third-order valence-corrected chi connectivity index (χ3v) is 9.71. The molecule has 0 unspecified atom stereocenters. The van der Waals surface area contributed by atoms with Gasteiger partial charge in [-0.2, -0.15) is 0 Å². The Hall–Kier alpha value is -1.86. The summed E-state index contributed by atoms with van der Waals surface area (Å²) in [5.74, 6) is 0.462. The number of benzene rings is 1. The molecule has 0 bridgehead atoms. The molecule has 1 aliphatic heterocycles. The van der Waals surface area contributed by atoms with Crippen molar-refractivity contribution in [2.75, 3.05) is 6.61 Å². The summed E-state index contributed by atoms with van der Waals surface area (Å²) in [5, 5.41) is 6.79. The third-order valence-electron chi connectivity index (χ3n) is 5.14. The van der Waals surface area contributed by atoms with E-state index in [0.717, 1.165) is 11.3 Å². The molecule has 1 aromatic carbocycles. The van der Waals surface area contributed by atoms with E-state index in [9.17, 15) is 4.79 Å². The molecular weight excluding hydrogens is 376 g/mol. The summed E-state index contributed by atoms with van der Waals surface area (Å²) in [7, 11) is -1.96. The largest absolute Gasteiger partial charge is 0.543 e. The van der Waals surface area contributed by atoms with Gasteiger partial charge in [-0.25, -0.2) is 4.79 Å². The number of hydrogen-bond donors (Lipinski definition) is 2. The SMILES string of the molecule is CCOC(=O)C1=C(C)NC(=S)N[C@@H]1c1cccc(O[Si](C)(C)C(C)(C)C)c1. The summed E-state index contributed by atoms with van der Waals surface area (Å²) < 4.78 is 11.7. The topological polar surface area (TPSA) is 59.6 Å². The van der Waals surface area contributed by atoms with Crippen molar-refractivity contribution < 1.29 is 14.0 Å². The van der Waals surface area contributed by atoms with Gasteiger partial charge in [-0.1, -0.05) is 32.9 Å². The molecule has 5 nitrogen and oxygen atoms in total. The molecule has 0 radical (unpaired) electrons. The summed E-state index contributed by atoms with van der Waals surface area (Å²) in [6.07, 6.45) is 0. The van der Waals surface area contributed by atoms with Crippen molar-refractivity contribution in [3.8, 4) is 5.75 Å². The molecule has 27 heavy (non-hydrogen) atoms. The van der Waals surface area contributed by atoms with Crippen LogP contribution < -0.4 is 15.1 Å². The molecule has 1 heterocycles. The van der Waals surface area contributed by atoms with Crippen LogP contribution in [0.4, 0.5) is 0 Å². The monoisotopic (exact) mass is 406 g/mol. The molecule has 0 fully saturated rings. The van der Waals surface area contributed by atoms with Gasteiger partial charge in [0.2, 0.25) is 8.32 Å². The first kappa shape index (κ1) is 21.4. The lowest BCUT2D eigenvalue weighted by Crippen LogP contribution is -2.45. The summed E-state index contributed by atoms with van der Waals surface area (Å²) in [4.78, 5) is 12.5. The minimum Gasteiger partial charge on any atom is -0.543 e. The summed E-state index contributed by atoms with van der Waals surface area (Å²) >= 11 is 5.30. The van der Waals surface area contributed by atoms with Gasteiger partial charge >= 0.3 is 5.97 Å². The van der Waals surface area contributed by atoms with Gasteiger partial charge < -0.3 is 19.8 Å². The number of esters is 1. The van der Waals surface area contributed by atoms with Crippen LogP contribution in [0.3, 0.4) is 0 Å². The fourth-order valence-corrected chi connectivity index (χ4v) is 3.92. The zero-order valence-corrected chi connectivity index (χ0v) is 19.0. The lowest BCUT2D eigenvalue weighted by molar-refractivity contribution is -0.139. The van der Waals surface area contributed by atoms with Crippen LogP contribution in [-0.4, -0.2) is 26.0 Å². The van der Waals surface area contributed by atoms with E-state index in [4.69, 9.17) is 21.4 Å². The maximum absolute atomic E-state index is 12.5. The van der Waals surface area contributed by atoms with Gasteiger partial charge in [0.1, 0.15) is 5.75 Å². The molecule has 0 aromatic heterocycles. The van der Waals surface area contributed by atoms with Gasteiger partial charge in [-0.3, -0.25) is 0 Å². The molecule has 1 aliphatic rings. The minimum absolute atomic E-state index is 0.101. The Kier molecular flexibility index (Phi) is 6.37. The average Bonchev–Trinajstić information content (AvgIpc) is 2.53. The van der Waals surface area contributed by atoms with Crippen molar-refractivity contribution in [1.29, 1.82) is 0 Å². The number of carbonyl (C=O) groups excluding carboxylic acids is 1. The lowest BCUT2D eigenvalue weighted by Gasteiger charge is -2.36. The van der Waals surface area contributed by atoms with Crippen LogP contribution in [0, 0.1) is 0 Å². The quantitative estimate of drug-likeness (QED) is 0.429. The number of carbonyl (C=O) groups is 1. The van der Waals surface area contributed by atoms with Gasteiger partial charge in [0.15, 0.2) is 5.11 Å². The number of allylic oxidation sites excluding steroid dienone is 1. The first-order valence-corrected chi connectivity index (χ1v) is 12.5. The Balaban J connectivity index is 2.40. The summed E-state index contributed by atoms with van der Waals surface area (Å²) in [6, 6.07) is 7.49. The van der Waals surface area contributed by atoms with Crippen molar-refractivity contribution in [1.82, 2.24) is 10.6 Å². The molecular formula is C20H30N2O3SSi. The summed E-state index contributed by atoms with van der Waals surface area (Å²) in [6.45, 7) is 15.0. The fourth-order valence-electron chi connectivity index (χ4n) is 2.63. The van der Waals surface area contributed by atoms with Crippen LogP contribution in [0.15, 0.2) is 35.5 Å². The highest BCUT2D eigenvalue weighted by molar-refractivity contribution is 7.80. The second-order valence-electron chi connectivity index (χ2n) is 8.23. The van der Waals surface area contributed by atoms with Crippen LogP contribution in [0.1, 0.15) is 46.2 Å². The smallest absolute Gasteiger partial charge is 0.338 e. The standard InChI is InChI=1S/C20H30N2O3SSi/c1-8-24-18(23)16-13(2)21-19(26)22-17(16)14-10-9-11-15(12-14)25-27(6,7)20(3,4)5/h9-12,17H,8H2,1-7H3,(H2,21,22,26)/t17-/m1/s1. The van der Waals surface area contributed by atoms with E-state index >= 15 is 0 Å². The van der Waals surface area contributed by atoms with Crippen LogP contribution in [0.25, 0.3) is 0 Å². The van der Waals surface area contributed by atoms with Crippen LogP contribution in [-0.2, 0) is 9.53 Å². The van der Waals surface area contributed by atoms with Crippen molar-refractivity contribution in [3.05, 3.63) is 41.1 Å². The Morgan fingerprint density at radius 2 is 1.96 bits per heavy atom. The van der Waals surface area contributed by atoms with Crippen molar-refractivity contribution >= 4 is 31.6 Å². The van der Waals surface area contributed by atoms with Gasteiger partial charge in [0.05, 0.1) is 18.2 Å². The van der Waals surface area contributed by atoms with E-state index < -0.39 is 8.32 Å². The molecule has 0 spiro atoms.